The zero-order chi connectivity index (χ0) is 13.9. The lowest BCUT2D eigenvalue weighted by atomic mass is 10.0. The van der Waals surface area contributed by atoms with Gasteiger partial charge in [-0.25, -0.2) is 0 Å². The molecule has 1 aromatic carbocycles. The van der Waals surface area contributed by atoms with Gasteiger partial charge in [0.05, 0.1) is 11.3 Å². The number of carbonyl (C=O) groups excluding carboxylic acids is 1. The molecule has 0 fully saturated rings. The lowest BCUT2D eigenvalue weighted by Gasteiger charge is -2.21. The van der Waals surface area contributed by atoms with Gasteiger partial charge in [-0.15, -0.1) is 0 Å². The molecule has 0 saturated carbocycles. The molecular formula is C15H17N3O2. The summed E-state index contributed by atoms with van der Waals surface area (Å²) in [4.78, 5) is 12.4. The fourth-order valence-electron chi connectivity index (χ4n) is 2.41. The number of nitrogens with one attached hydrogen (secondary N) is 1. The molecule has 0 atom stereocenters. The summed E-state index contributed by atoms with van der Waals surface area (Å²) in [5, 5.41) is 7.35. The van der Waals surface area contributed by atoms with Crippen LogP contribution in [0.2, 0.25) is 0 Å². The summed E-state index contributed by atoms with van der Waals surface area (Å²) in [7, 11) is 1.89. The first-order valence-corrected chi connectivity index (χ1v) is 6.75. The van der Waals surface area contributed by atoms with E-state index in [2.05, 4.69) is 10.4 Å². The first-order valence-electron chi connectivity index (χ1n) is 6.75. The molecular weight excluding hydrogens is 254 g/mol. The average Bonchev–Trinajstić information content (AvgIpc) is 2.89. The third kappa shape index (κ3) is 2.39. The van der Waals surface area contributed by atoms with Crippen LogP contribution in [-0.4, -0.2) is 28.7 Å². The van der Waals surface area contributed by atoms with Crippen LogP contribution in [-0.2, 0) is 13.5 Å². The monoisotopic (exact) mass is 271 g/mol. The number of rotatable bonds is 4. The molecule has 0 amide bonds. The Morgan fingerprint density at radius 3 is 3.15 bits per heavy atom. The Kier molecular flexibility index (Phi) is 3.41. The Balaban J connectivity index is 1.76. The molecule has 5 heteroatoms. The van der Waals surface area contributed by atoms with E-state index in [1.54, 1.807) is 10.9 Å². The van der Waals surface area contributed by atoms with Crippen LogP contribution in [0.5, 0.6) is 5.75 Å². The van der Waals surface area contributed by atoms with E-state index >= 15 is 0 Å². The molecule has 0 spiro atoms. The summed E-state index contributed by atoms with van der Waals surface area (Å²) in [5.74, 6) is 0.792. The quantitative estimate of drug-likeness (QED) is 0.865. The molecule has 0 bridgehead atoms. The Bertz CT molecular complexity index is 634. The molecule has 0 unspecified atom stereocenters. The smallest absolute Gasteiger partial charge is 0.167 e. The van der Waals surface area contributed by atoms with Crippen molar-refractivity contribution in [3.8, 4) is 5.75 Å². The summed E-state index contributed by atoms with van der Waals surface area (Å²) in [6, 6.07) is 7.59. The largest absolute Gasteiger partial charge is 0.489 e. The van der Waals surface area contributed by atoms with Crippen LogP contribution in [0.25, 0.3) is 0 Å². The molecule has 0 radical (unpaired) electrons. The van der Waals surface area contributed by atoms with E-state index in [1.165, 1.54) is 0 Å². The van der Waals surface area contributed by atoms with Gasteiger partial charge in [-0.1, -0.05) is 6.07 Å². The molecule has 5 nitrogen and oxygen atoms in total. The SMILES string of the molecule is Cn1nccc1CCC(=O)c1cccc2c1OCCN2. The van der Waals surface area contributed by atoms with E-state index < -0.39 is 0 Å². The van der Waals surface area contributed by atoms with Crippen molar-refractivity contribution in [3.63, 3.8) is 0 Å². The summed E-state index contributed by atoms with van der Waals surface area (Å²) in [6.45, 7) is 1.37. The third-order valence-electron chi connectivity index (χ3n) is 3.51. The zero-order valence-corrected chi connectivity index (χ0v) is 11.4. The number of Topliss-reactive ketones (excluding diaryl/α,β-unsaturated/α-hetero) is 1. The molecule has 3 rings (SSSR count). The van der Waals surface area contributed by atoms with Gasteiger partial charge in [0.1, 0.15) is 6.61 Å². The molecule has 0 saturated heterocycles. The van der Waals surface area contributed by atoms with Crippen LogP contribution >= 0.6 is 0 Å². The van der Waals surface area contributed by atoms with Crippen molar-refractivity contribution in [2.75, 3.05) is 18.5 Å². The first-order chi connectivity index (χ1) is 9.75. The number of para-hydroxylation sites is 1. The van der Waals surface area contributed by atoms with Crippen molar-refractivity contribution < 1.29 is 9.53 Å². The van der Waals surface area contributed by atoms with Gasteiger partial charge in [-0.05, 0) is 24.6 Å². The van der Waals surface area contributed by atoms with Crippen LogP contribution in [0.3, 0.4) is 0 Å². The number of carbonyl (C=O) groups is 1. The minimum Gasteiger partial charge on any atom is -0.489 e. The highest BCUT2D eigenvalue weighted by atomic mass is 16.5. The van der Waals surface area contributed by atoms with Crippen molar-refractivity contribution in [3.05, 3.63) is 41.7 Å². The molecule has 1 aliphatic rings. The normalized spacial score (nSPS) is 13.2. The fourth-order valence-corrected chi connectivity index (χ4v) is 2.41. The second-order valence-electron chi connectivity index (χ2n) is 4.83. The predicted octanol–water partition coefficient (Wildman–Crippen LogP) is 2.04. The number of ether oxygens (including phenoxy) is 1. The topological polar surface area (TPSA) is 56.2 Å². The number of benzene rings is 1. The van der Waals surface area contributed by atoms with Crippen LogP contribution in [0.1, 0.15) is 22.5 Å². The van der Waals surface area contributed by atoms with Gasteiger partial charge in [0.15, 0.2) is 11.5 Å². The van der Waals surface area contributed by atoms with Crippen LogP contribution in [0, 0.1) is 0 Å². The maximum Gasteiger partial charge on any atom is 0.167 e. The minimum absolute atomic E-state index is 0.103. The predicted molar refractivity (Wildman–Crippen MR) is 76.3 cm³/mol. The number of anilines is 1. The van der Waals surface area contributed by atoms with Gasteiger partial charge >= 0.3 is 0 Å². The van der Waals surface area contributed by atoms with Crippen molar-refractivity contribution in [2.45, 2.75) is 12.8 Å². The van der Waals surface area contributed by atoms with Gasteiger partial charge in [-0.2, -0.15) is 5.10 Å². The van der Waals surface area contributed by atoms with Gasteiger partial charge in [0.2, 0.25) is 0 Å². The number of fused-ring (bicyclic) bond motifs is 1. The minimum atomic E-state index is 0.103. The number of nitrogens with zero attached hydrogens (tertiary/aromatic N) is 2. The molecule has 1 aromatic heterocycles. The highest BCUT2D eigenvalue weighted by Gasteiger charge is 2.18. The Labute approximate surface area is 117 Å². The fraction of sp³-hybridized carbons (Fsp3) is 0.333. The second kappa shape index (κ2) is 5.36. The summed E-state index contributed by atoms with van der Waals surface area (Å²) >= 11 is 0. The van der Waals surface area contributed by atoms with E-state index in [1.807, 2.05) is 31.3 Å². The van der Waals surface area contributed by atoms with E-state index in [-0.39, 0.29) is 5.78 Å². The zero-order valence-electron chi connectivity index (χ0n) is 11.4. The molecule has 1 aliphatic heterocycles. The number of ketones is 1. The van der Waals surface area contributed by atoms with Crippen molar-refractivity contribution in [1.29, 1.82) is 0 Å². The lowest BCUT2D eigenvalue weighted by Crippen LogP contribution is -2.20. The Hall–Kier alpha value is -2.30. The summed E-state index contributed by atoms with van der Waals surface area (Å²) in [5.41, 5.74) is 2.63. The first kappa shape index (κ1) is 12.7. The lowest BCUT2D eigenvalue weighted by molar-refractivity contribution is 0.0978. The molecule has 1 N–H and O–H groups in total. The summed E-state index contributed by atoms with van der Waals surface area (Å²) < 4.78 is 7.43. The molecule has 2 aromatic rings. The van der Waals surface area contributed by atoms with Crippen LogP contribution in [0.4, 0.5) is 5.69 Å². The van der Waals surface area contributed by atoms with Gasteiger partial charge in [0.25, 0.3) is 0 Å². The highest BCUT2D eigenvalue weighted by Crippen LogP contribution is 2.32. The van der Waals surface area contributed by atoms with Crippen molar-refractivity contribution >= 4 is 11.5 Å². The van der Waals surface area contributed by atoms with Crippen molar-refractivity contribution in [1.82, 2.24) is 9.78 Å². The van der Waals surface area contributed by atoms with E-state index in [9.17, 15) is 4.79 Å². The maximum atomic E-state index is 12.4. The number of aromatic nitrogens is 2. The third-order valence-corrected chi connectivity index (χ3v) is 3.51. The highest BCUT2D eigenvalue weighted by molar-refractivity contribution is 6.00. The molecule has 20 heavy (non-hydrogen) atoms. The Morgan fingerprint density at radius 1 is 1.45 bits per heavy atom. The van der Waals surface area contributed by atoms with E-state index in [0.29, 0.717) is 30.8 Å². The van der Waals surface area contributed by atoms with Crippen LogP contribution in [0.15, 0.2) is 30.5 Å². The van der Waals surface area contributed by atoms with E-state index in [4.69, 9.17) is 4.74 Å². The molecule has 104 valence electrons. The standard InChI is InChI=1S/C15H17N3O2/c1-18-11(7-8-17-18)5-6-14(19)12-3-2-4-13-15(12)20-10-9-16-13/h2-4,7-8,16H,5-6,9-10H2,1H3. The Morgan fingerprint density at radius 2 is 2.35 bits per heavy atom. The molecule has 2 heterocycles. The number of hydrogen-bond donors (Lipinski definition) is 1. The van der Waals surface area contributed by atoms with Gasteiger partial charge < -0.3 is 10.1 Å². The average molecular weight is 271 g/mol. The van der Waals surface area contributed by atoms with Crippen molar-refractivity contribution in [2.24, 2.45) is 7.05 Å². The van der Waals surface area contributed by atoms with E-state index in [0.717, 1.165) is 17.9 Å². The maximum absolute atomic E-state index is 12.4. The van der Waals surface area contributed by atoms with Crippen LogP contribution < -0.4 is 10.1 Å². The summed E-state index contributed by atoms with van der Waals surface area (Å²) in [6.07, 6.45) is 2.89. The van der Waals surface area contributed by atoms with Gasteiger partial charge in [-0.3, -0.25) is 9.48 Å². The number of aryl methyl sites for hydroxylation is 2. The number of hydrogen-bond acceptors (Lipinski definition) is 4. The van der Waals surface area contributed by atoms with Gasteiger partial charge in [0, 0.05) is 31.9 Å². The second-order valence-corrected chi connectivity index (χ2v) is 4.83. The molecule has 0 aliphatic carbocycles.